The Hall–Kier alpha value is -1.47. The van der Waals surface area contributed by atoms with Gasteiger partial charge in [-0.25, -0.2) is 9.48 Å². The second-order valence-corrected chi connectivity index (χ2v) is 5.25. The van der Waals surface area contributed by atoms with Crippen LogP contribution < -0.4 is 5.32 Å². The Labute approximate surface area is 117 Å². The zero-order valence-corrected chi connectivity index (χ0v) is 11.7. The first-order valence-electron chi connectivity index (χ1n) is 7.15. The number of rotatable bonds is 3. The lowest BCUT2D eigenvalue weighted by Gasteiger charge is -2.25. The van der Waals surface area contributed by atoms with Gasteiger partial charge in [-0.2, -0.15) is 0 Å². The molecule has 20 heavy (non-hydrogen) atoms. The molecule has 1 aromatic heterocycles. The number of carbonyl (C=O) groups excluding carboxylic acids is 1. The molecule has 0 saturated carbocycles. The summed E-state index contributed by atoms with van der Waals surface area (Å²) < 4.78 is 12.1. The number of carbonyl (C=O) groups is 1. The van der Waals surface area contributed by atoms with Gasteiger partial charge in [0.05, 0.1) is 24.9 Å². The molecule has 0 aliphatic carbocycles. The summed E-state index contributed by atoms with van der Waals surface area (Å²) in [6.45, 7) is 2.43. The lowest BCUT2D eigenvalue weighted by Crippen LogP contribution is -2.26. The van der Waals surface area contributed by atoms with Gasteiger partial charge >= 0.3 is 5.97 Å². The number of aromatic nitrogens is 3. The average Bonchev–Trinajstić information content (AvgIpc) is 3.15. The summed E-state index contributed by atoms with van der Waals surface area (Å²) in [6.07, 6.45) is 3.91. The van der Waals surface area contributed by atoms with Crippen LogP contribution in [0.1, 0.15) is 53.9 Å². The molecule has 2 fully saturated rings. The molecule has 0 spiro atoms. The highest BCUT2D eigenvalue weighted by atomic mass is 16.5. The highest BCUT2D eigenvalue weighted by Crippen LogP contribution is 2.30. The van der Waals surface area contributed by atoms with Crippen molar-refractivity contribution >= 4 is 5.97 Å². The number of nitrogens with zero attached hydrogens (tertiary/aromatic N) is 3. The molecule has 1 N–H and O–H groups in total. The summed E-state index contributed by atoms with van der Waals surface area (Å²) in [5.41, 5.74) is 1.22. The summed E-state index contributed by atoms with van der Waals surface area (Å²) in [5, 5.41) is 11.7. The fraction of sp³-hybridized carbons (Fsp3) is 0.769. The van der Waals surface area contributed by atoms with Crippen molar-refractivity contribution in [2.75, 3.05) is 26.9 Å². The van der Waals surface area contributed by atoms with Gasteiger partial charge in [-0.3, -0.25) is 0 Å². The normalized spacial score (nSPS) is 23.9. The van der Waals surface area contributed by atoms with Gasteiger partial charge in [0.2, 0.25) is 0 Å². The smallest absolute Gasteiger partial charge is 0.360 e. The van der Waals surface area contributed by atoms with E-state index in [0.29, 0.717) is 5.69 Å². The van der Waals surface area contributed by atoms with Crippen LogP contribution in [0.15, 0.2) is 0 Å². The Morgan fingerprint density at radius 3 is 2.85 bits per heavy atom. The van der Waals surface area contributed by atoms with E-state index in [-0.39, 0.29) is 12.1 Å². The number of esters is 1. The molecule has 1 aromatic rings. The van der Waals surface area contributed by atoms with Gasteiger partial charge in [0.1, 0.15) is 0 Å². The van der Waals surface area contributed by atoms with Crippen LogP contribution in [0.2, 0.25) is 0 Å². The summed E-state index contributed by atoms with van der Waals surface area (Å²) >= 11 is 0. The Morgan fingerprint density at radius 2 is 2.20 bits per heavy atom. The largest absolute Gasteiger partial charge is 0.464 e. The van der Waals surface area contributed by atoms with Crippen molar-refractivity contribution in [2.24, 2.45) is 0 Å². The number of methoxy groups -OCH3 is 1. The van der Waals surface area contributed by atoms with Crippen molar-refractivity contribution in [3.05, 3.63) is 11.4 Å². The third kappa shape index (κ3) is 2.43. The maximum Gasteiger partial charge on any atom is 0.360 e. The highest BCUT2D eigenvalue weighted by molar-refractivity contribution is 5.88. The highest BCUT2D eigenvalue weighted by Gasteiger charge is 2.32. The second-order valence-electron chi connectivity index (χ2n) is 5.25. The number of nitrogens with one attached hydrogen (secondary N) is 1. The topological polar surface area (TPSA) is 78.3 Å². The van der Waals surface area contributed by atoms with Gasteiger partial charge in [0, 0.05) is 13.2 Å². The molecule has 3 rings (SSSR count). The molecule has 2 aliphatic rings. The standard InChI is InChI=1S/C13H20N4O3/c1-19-13(18)11-12(10-3-2-6-14-10)17(16-15-11)9-4-7-20-8-5-9/h9-10,14H,2-8H2,1H3. The maximum atomic E-state index is 11.9. The molecule has 2 saturated heterocycles. The van der Waals surface area contributed by atoms with Gasteiger partial charge < -0.3 is 14.8 Å². The molecular formula is C13H20N4O3. The van der Waals surface area contributed by atoms with E-state index >= 15 is 0 Å². The van der Waals surface area contributed by atoms with Gasteiger partial charge in [0.15, 0.2) is 5.69 Å². The van der Waals surface area contributed by atoms with Crippen LogP contribution >= 0.6 is 0 Å². The molecule has 2 aliphatic heterocycles. The zero-order chi connectivity index (χ0) is 13.9. The molecule has 0 radical (unpaired) electrons. The second kappa shape index (κ2) is 5.88. The van der Waals surface area contributed by atoms with Crippen molar-refractivity contribution in [1.29, 1.82) is 0 Å². The fourth-order valence-corrected chi connectivity index (χ4v) is 2.98. The van der Waals surface area contributed by atoms with Crippen LogP contribution in [0.4, 0.5) is 0 Å². The van der Waals surface area contributed by atoms with Crippen LogP contribution in [-0.4, -0.2) is 47.8 Å². The van der Waals surface area contributed by atoms with Crippen LogP contribution in [-0.2, 0) is 9.47 Å². The van der Waals surface area contributed by atoms with Crippen LogP contribution in [0.3, 0.4) is 0 Å². The van der Waals surface area contributed by atoms with E-state index in [1.807, 2.05) is 4.68 Å². The molecule has 1 unspecified atom stereocenters. The summed E-state index contributed by atoms with van der Waals surface area (Å²) in [4.78, 5) is 11.9. The van der Waals surface area contributed by atoms with E-state index in [1.165, 1.54) is 7.11 Å². The fourth-order valence-electron chi connectivity index (χ4n) is 2.98. The average molecular weight is 280 g/mol. The summed E-state index contributed by atoms with van der Waals surface area (Å²) in [7, 11) is 1.38. The molecule has 0 amide bonds. The SMILES string of the molecule is COC(=O)c1nnn(C2CCOCC2)c1C1CCCN1. The molecular weight excluding hydrogens is 260 g/mol. The third-order valence-corrected chi connectivity index (χ3v) is 4.04. The number of hydrogen-bond acceptors (Lipinski definition) is 6. The van der Waals surface area contributed by atoms with Crippen molar-refractivity contribution < 1.29 is 14.3 Å². The first kappa shape index (κ1) is 13.5. The van der Waals surface area contributed by atoms with E-state index in [2.05, 4.69) is 15.6 Å². The van der Waals surface area contributed by atoms with Crippen LogP contribution in [0.25, 0.3) is 0 Å². The van der Waals surface area contributed by atoms with E-state index in [4.69, 9.17) is 9.47 Å². The minimum absolute atomic E-state index is 0.141. The predicted molar refractivity (Wildman–Crippen MR) is 70.4 cm³/mol. The number of hydrogen-bond donors (Lipinski definition) is 1. The Kier molecular flexibility index (Phi) is 3.98. The van der Waals surface area contributed by atoms with E-state index in [0.717, 1.165) is 51.1 Å². The zero-order valence-electron chi connectivity index (χ0n) is 11.7. The summed E-state index contributed by atoms with van der Waals surface area (Å²) in [5.74, 6) is -0.410. The molecule has 0 aromatic carbocycles. The van der Waals surface area contributed by atoms with Crippen LogP contribution in [0, 0.1) is 0 Å². The minimum atomic E-state index is -0.410. The molecule has 3 heterocycles. The predicted octanol–water partition coefficient (Wildman–Crippen LogP) is 0.841. The van der Waals surface area contributed by atoms with E-state index in [9.17, 15) is 4.79 Å². The van der Waals surface area contributed by atoms with E-state index in [1.54, 1.807) is 0 Å². The quantitative estimate of drug-likeness (QED) is 0.827. The summed E-state index contributed by atoms with van der Waals surface area (Å²) in [6, 6.07) is 0.397. The van der Waals surface area contributed by atoms with Gasteiger partial charge in [-0.05, 0) is 32.2 Å². The molecule has 7 nitrogen and oxygen atoms in total. The third-order valence-electron chi connectivity index (χ3n) is 4.04. The van der Waals surface area contributed by atoms with Gasteiger partial charge in [-0.1, -0.05) is 5.21 Å². The van der Waals surface area contributed by atoms with Gasteiger partial charge in [-0.15, -0.1) is 5.10 Å². The first-order chi connectivity index (χ1) is 9.81. The molecule has 7 heteroatoms. The molecule has 110 valence electrons. The first-order valence-corrected chi connectivity index (χ1v) is 7.15. The van der Waals surface area contributed by atoms with Crippen LogP contribution in [0.5, 0.6) is 0 Å². The Balaban J connectivity index is 1.95. The van der Waals surface area contributed by atoms with Crippen molar-refractivity contribution in [2.45, 2.75) is 37.8 Å². The van der Waals surface area contributed by atoms with Crippen molar-refractivity contribution in [1.82, 2.24) is 20.3 Å². The maximum absolute atomic E-state index is 11.9. The lowest BCUT2D eigenvalue weighted by molar-refractivity contribution is 0.0589. The van der Waals surface area contributed by atoms with Gasteiger partial charge in [0.25, 0.3) is 0 Å². The minimum Gasteiger partial charge on any atom is -0.464 e. The Bertz CT molecular complexity index is 476. The van der Waals surface area contributed by atoms with E-state index < -0.39 is 5.97 Å². The monoisotopic (exact) mass is 280 g/mol. The lowest BCUT2D eigenvalue weighted by atomic mass is 10.1. The number of ether oxygens (including phenoxy) is 2. The molecule has 0 bridgehead atoms. The Morgan fingerprint density at radius 1 is 1.40 bits per heavy atom. The molecule has 1 atom stereocenters. The van der Waals surface area contributed by atoms with Crippen molar-refractivity contribution in [3.8, 4) is 0 Å². The van der Waals surface area contributed by atoms with Crippen molar-refractivity contribution in [3.63, 3.8) is 0 Å².